The number of unbranched alkanes of at least 4 members (excludes halogenated alkanes) is 1. The van der Waals surface area contributed by atoms with Gasteiger partial charge in [0, 0.05) is 5.56 Å². The molecule has 0 aliphatic carbocycles. The number of imidazole rings is 1. The number of hydrogen-bond donors (Lipinski definition) is 2. The number of carboxylic acid groups (broad SMARTS) is 1. The summed E-state index contributed by atoms with van der Waals surface area (Å²) in [5, 5.41) is 23.9. The Balaban J connectivity index is 1.76. The zero-order chi connectivity index (χ0) is 19.5. The molecular formula is C20H20N6O2. The van der Waals surface area contributed by atoms with Gasteiger partial charge < -0.3 is 9.67 Å². The van der Waals surface area contributed by atoms with E-state index in [2.05, 4.69) is 32.5 Å². The molecular weight excluding hydrogens is 356 g/mol. The third-order valence-electron chi connectivity index (χ3n) is 4.85. The van der Waals surface area contributed by atoms with E-state index in [0.717, 1.165) is 40.6 Å². The van der Waals surface area contributed by atoms with Gasteiger partial charge in [-0.25, -0.2) is 9.78 Å². The van der Waals surface area contributed by atoms with E-state index in [0.29, 0.717) is 12.2 Å². The van der Waals surface area contributed by atoms with Gasteiger partial charge >= 0.3 is 5.97 Å². The second kappa shape index (κ2) is 7.59. The number of fused-ring (bicyclic) bond motifs is 1. The molecule has 1 unspecified atom stereocenters. The van der Waals surface area contributed by atoms with Crippen molar-refractivity contribution in [3.63, 3.8) is 0 Å². The fourth-order valence-corrected chi connectivity index (χ4v) is 3.43. The summed E-state index contributed by atoms with van der Waals surface area (Å²) in [7, 11) is 0. The van der Waals surface area contributed by atoms with Gasteiger partial charge in [0.25, 0.3) is 0 Å². The van der Waals surface area contributed by atoms with Crippen molar-refractivity contribution >= 4 is 17.0 Å². The standard InChI is InChI=1S/C20H20N6O2/c1-2-3-8-18(20(27)28)26-12-21-16-11-13(9-10-17(16)26)14-6-4-5-7-15(14)19-22-24-25-23-19/h4-7,9-12,18H,2-3,8H2,1H3,(H,27,28)(H,22,23,24,25). The number of aliphatic carboxylic acids is 1. The van der Waals surface area contributed by atoms with Crippen molar-refractivity contribution in [3.05, 3.63) is 48.8 Å². The second-order valence-corrected chi connectivity index (χ2v) is 6.63. The topological polar surface area (TPSA) is 110 Å². The highest BCUT2D eigenvalue weighted by Gasteiger charge is 2.21. The molecule has 8 nitrogen and oxygen atoms in total. The molecule has 8 heteroatoms. The predicted octanol–water partition coefficient (Wildman–Crippen LogP) is 3.70. The number of aromatic nitrogens is 6. The molecule has 0 aliphatic heterocycles. The van der Waals surface area contributed by atoms with Crippen LogP contribution in [0.3, 0.4) is 0 Å². The normalized spacial score (nSPS) is 12.3. The molecule has 2 N–H and O–H groups in total. The molecule has 142 valence electrons. The third-order valence-corrected chi connectivity index (χ3v) is 4.85. The molecule has 0 radical (unpaired) electrons. The number of carboxylic acids is 1. The minimum Gasteiger partial charge on any atom is -0.480 e. The first-order valence-electron chi connectivity index (χ1n) is 9.21. The Kier molecular flexibility index (Phi) is 4.84. The van der Waals surface area contributed by atoms with E-state index < -0.39 is 12.0 Å². The highest BCUT2D eigenvalue weighted by atomic mass is 16.4. The summed E-state index contributed by atoms with van der Waals surface area (Å²) in [6.07, 6.45) is 4.01. The van der Waals surface area contributed by atoms with Gasteiger partial charge in [-0.2, -0.15) is 5.21 Å². The number of benzene rings is 2. The van der Waals surface area contributed by atoms with E-state index in [1.807, 2.05) is 42.5 Å². The molecule has 0 spiro atoms. The fourth-order valence-electron chi connectivity index (χ4n) is 3.43. The zero-order valence-electron chi connectivity index (χ0n) is 15.4. The van der Waals surface area contributed by atoms with Crippen LogP contribution in [0.15, 0.2) is 48.8 Å². The first-order valence-corrected chi connectivity index (χ1v) is 9.21. The highest BCUT2D eigenvalue weighted by molar-refractivity contribution is 5.88. The van der Waals surface area contributed by atoms with Crippen LogP contribution < -0.4 is 0 Å². The summed E-state index contributed by atoms with van der Waals surface area (Å²) >= 11 is 0. The molecule has 0 bridgehead atoms. The zero-order valence-corrected chi connectivity index (χ0v) is 15.4. The summed E-state index contributed by atoms with van der Waals surface area (Å²) in [5.41, 5.74) is 4.34. The van der Waals surface area contributed by atoms with Gasteiger partial charge in [-0.3, -0.25) is 0 Å². The molecule has 0 saturated carbocycles. The van der Waals surface area contributed by atoms with Crippen LogP contribution in [0.5, 0.6) is 0 Å². The molecule has 2 aromatic heterocycles. The number of aromatic amines is 1. The van der Waals surface area contributed by atoms with Gasteiger partial charge in [-0.1, -0.05) is 50.1 Å². The Labute approximate surface area is 161 Å². The maximum absolute atomic E-state index is 11.7. The van der Waals surface area contributed by atoms with E-state index in [1.165, 1.54) is 0 Å². The number of tetrazole rings is 1. The van der Waals surface area contributed by atoms with Crippen molar-refractivity contribution in [2.24, 2.45) is 0 Å². The van der Waals surface area contributed by atoms with Crippen molar-refractivity contribution in [2.75, 3.05) is 0 Å². The molecule has 28 heavy (non-hydrogen) atoms. The number of carbonyl (C=O) groups is 1. The lowest BCUT2D eigenvalue weighted by atomic mass is 9.99. The molecule has 0 fully saturated rings. The predicted molar refractivity (Wildman–Crippen MR) is 105 cm³/mol. The van der Waals surface area contributed by atoms with Crippen LogP contribution in [0.4, 0.5) is 0 Å². The number of nitrogens with one attached hydrogen (secondary N) is 1. The monoisotopic (exact) mass is 376 g/mol. The van der Waals surface area contributed by atoms with Crippen molar-refractivity contribution in [1.29, 1.82) is 0 Å². The van der Waals surface area contributed by atoms with Crippen molar-refractivity contribution < 1.29 is 9.90 Å². The van der Waals surface area contributed by atoms with E-state index >= 15 is 0 Å². The highest BCUT2D eigenvalue weighted by Crippen LogP contribution is 2.32. The second-order valence-electron chi connectivity index (χ2n) is 6.63. The van der Waals surface area contributed by atoms with Crippen LogP contribution in [-0.2, 0) is 4.79 Å². The fraction of sp³-hybridized carbons (Fsp3) is 0.250. The van der Waals surface area contributed by atoms with Crippen LogP contribution in [0.2, 0.25) is 0 Å². The van der Waals surface area contributed by atoms with Crippen molar-refractivity contribution in [2.45, 2.75) is 32.2 Å². The number of H-pyrrole nitrogens is 1. The van der Waals surface area contributed by atoms with Crippen molar-refractivity contribution in [3.8, 4) is 22.5 Å². The molecule has 1 atom stereocenters. The lowest BCUT2D eigenvalue weighted by molar-refractivity contribution is -0.141. The summed E-state index contributed by atoms with van der Waals surface area (Å²) < 4.78 is 1.75. The van der Waals surface area contributed by atoms with Crippen LogP contribution in [-0.4, -0.2) is 41.3 Å². The van der Waals surface area contributed by atoms with E-state index in [4.69, 9.17) is 0 Å². The maximum Gasteiger partial charge on any atom is 0.326 e. The minimum absolute atomic E-state index is 0.520. The lowest BCUT2D eigenvalue weighted by Gasteiger charge is -2.15. The molecule has 4 rings (SSSR count). The molecule has 0 amide bonds. The first kappa shape index (κ1) is 17.8. The maximum atomic E-state index is 11.7. The number of nitrogens with zero attached hydrogens (tertiary/aromatic N) is 5. The Hall–Kier alpha value is -3.55. The Morgan fingerprint density at radius 2 is 2.04 bits per heavy atom. The lowest BCUT2D eigenvalue weighted by Crippen LogP contribution is -2.18. The molecule has 0 aliphatic rings. The van der Waals surface area contributed by atoms with E-state index in [-0.39, 0.29) is 0 Å². The first-order chi connectivity index (χ1) is 13.7. The molecule has 2 aromatic carbocycles. The van der Waals surface area contributed by atoms with Gasteiger partial charge in [0.05, 0.1) is 17.4 Å². The average molecular weight is 376 g/mol. The van der Waals surface area contributed by atoms with E-state index in [1.54, 1.807) is 10.9 Å². The largest absolute Gasteiger partial charge is 0.480 e. The Morgan fingerprint density at radius 1 is 1.21 bits per heavy atom. The summed E-state index contributed by atoms with van der Waals surface area (Å²) in [6.45, 7) is 2.05. The van der Waals surface area contributed by atoms with Crippen molar-refractivity contribution in [1.82, 2.24) is 30.2 Å². The van der Waals surface area contributed by atoms with Gasteiger partial charge in [0.2, 0.25) is 5.82 Å². The van der Waals surface area contributed by atoms with Gasteiger partial charge in [-0.15, -0.1) is 10.2 Å². The van der Waals surface area contributed by atoms with Crippen LogP contribution in [0, 0.1) is 0 Å². The number of rotatable bonds is 7. The summed E-state index contributed by atoms with van der Waals surface area (Å²) in [4.78, 5) is 16.2. The van der Waals surface area contributed by atoms with Gasteiger partial charge in [0.15, 0.2) is 0 Å². The third kappa shape index (κ3) is 3.24. The molecule has 0 saturated heterocycles. The minimum atomic E-state index is -0.834. The average Bonchev–Trinajstić information content (AvgIpc) is 3.38. The smallest absolute Gasteiger partial charge is 0.326 e. The van der Waals surface area contributed by atoms with E-state index in [9.17, 15) is 9.90 Å². The van der Waals surface area contributed by atoms with Crippen LogP contribution in [0.1, 0.15) is 32.2 Å². The van der Waals surface area contributed by atoms with Crippen LogP contribution in [0.25, 0.3) is 33.5 Å². The Bertz CT molecular complexity index is 1100. The molecule has 4 aromatic rings. The summed E-state index contributed by atoms with van der Waals surface area (Å²) in [5.74, 6) is -0.314. The van der Waals surface area contributed by atoms with Crippen LogP contribution >= 0.6 is 0 Å². The molecule has 2 heterocycles. The SMILES string of the molecule is CCCCC(C(=O)O)n1cnc2cc(-c3ccccc3-c3nn[nH]n3)ccc21. The quantitative estimate of drug-likeness (QED) is 0.509. The number of hydrogen-bond acceptors (Lipinski definition) is 5. The Morgan fingerprint density at radius 3 is 2.75 bits per heavy atom. The van der Waals surface area contributed by atoms with Gasteiger partial charge in [-0.05, 0) is 34.9 Å². The van der Waals surface area contributed by atoms with Gasteiger partial charge in [0.1, 0.15) is 6.04 Å². The summed E-state index contributed by atoms with van der Waals surface area (Å²) in [6, 6.07) is 13.1.